The molecule has 0 bridgehead atoms. The van der Waals surface area contributed by atoms with Crippen LogP contribution in [0, 0.1) is 6.92 Å². The highest BCUT2D eigenvalue weighted by Gasteiger charge is 2.10. The maximum absolute atomic E-state index is 12.2. The molecule has 0 atom stereocenters. The Morgan fingerprint density at radius 2 is 1.82 bits per heavy atom. The largest absolute Gasteiger partial charge is 0.495 e. The van der Waals surface area contributed by atoms with Gasteiger partial charge in [0, 0.05) is 10.2 Å². The van der Waals surface area contributed by atoms with Crippen molar-refractivity contribution in [2.75, 3.05) is 19.0 Å². The summed E-state index contributed by atoms with van der Waals surface area (Å²) in [4.78, 5) is 24.0. The van der Waals surface area contributed by atoms with E-state index in [0.717, 1.165) is 10.0 Å². The number of anilines is 1. The number of rotatable bonds is 8. The summed E-state index contributed by atoms with van der Waals surface area (Å²) in [6.07, 6.45) is 0.0327. The maximum atomic E-state index is 12.2. The van der Waals surface area contributed by atoms with Gasteiger partial charge in [0.2, 0.25) is 5.91 Å². The van der Waals surface area contributed by atoms with E-state index in [4.69, 9.17) is 9.47 Å². The standard InChI is InChI=1S/C20H22BrN3O4/c1-13-4-9-18(27-3)17(10-13)22-19(25)11-14(2)23-24-20(26)12-28-16-7-5-15(21)6-8-16/h4-10H,11-12H2,1-3H3,(H,22,25)(H,24,26). The van der Waals surface area contributed by atoms with E-state index in [1.165, 1.54) is 0 Å². The summed E-state index contributed by atoms with van der Waals surface area (Å²) in [5.74, 6) is 0.478. The highest BCUT2D eigenvalue weighted by atomic mass is 79.9. The molecule has 2 rings (SSSR count). The minimum absolute atomic E-state index is 0.0327. The van der Waals surface area contributed by atoms with Gasteiger partial charge in [-0.2, -0.15) is 5.10 Å². The second-order valence-electron chi connectivity index (χ2n) is 6.05. The molecule has 0 aliphatic rings. The fourth-order valence-electron chi connectivity index (χ4n) is 2.26. The molecule has 0 aliphatic heterocycles. The summed E-state index contributed by atoms with van der Waals surface area (Å²) in [5, 5.41) is 6.72. The maximum Gasteiger partial charge on any atom is 0.277 e. The highest BCUT2D eigenvalue weighted by Crippen LogP contribution is 2.25. The summed E-state index contributed by atoms with van der Waals surface area (Å²) in [5.41, 5.74) is 4.42. The van der Waals surface area contributed by atoms with Gasteiger partial charge < -0.3 is 14.8 Å². The number of hydrogen-bond donors (Lipinski definition) is 2. The third-order valence-corrected chi connectivity index (χ3v) is 4.13. The van der Waals surface area contributed by atoms with Crippen LogP contribution in [-0.4, -0.2) is 31.2 Å². The number of aryl methyl sites for hydroxylation is 1. The molecule has 148 valence electrons. The number of nitrogens with zero attached hydrogens (tertiary/aromatic N) is 1. The molecule has 0 aliphatic carbocycles. The molecule has 0 unspecified atom stereocenters. The third-order valence-electron chi connectivity index (χ3n) is 3.60. The van der Waals surface area contributed by atoms with Gasteiger partial charge in [0.15, 0.2) is 6.61 Å². The summed E-state index contributed by atoms with van der Waals surface area (Å²) >= 11 is 3.33. The van der Waals surface area contributed by atoms with Crippen LogP contribution in [0.3, 0.4) is 0 Å². The first-order chi connectivity index (χ1) is 13.4. The molecule has 0 aromatic heterocycles. The normalized spacial score (nSPS) is 10.9. The fourth-order valence-corrected chi connectivity index (χ4v) is 2.52. The molecule has 0 saturated carbocycles. The molecule has 8 heteroatoms. The number of amides is 2. The molecule has 0 saturated heterocycles. The average molecular weight is 448 g/mol. The van der Waals surface area contributed by atoms with Crippen LogP contribution in [0.2, 0.25) is 0 Å². The van der Waals surface area contributed by atoms with E-state index in [1.54, 1.807) is 32.2 Å². The molecule has 0 fully saturated rings. The van der Waals surface area contributed by atoms with E-state index in [-0.39, 0.29) is 18.9 Å². The SMILES string of the molecule is COc1ccc(C)cc1NC(=O)CC(C)=NNC(=O)COc1ccc(Br)cc1. The number of methoxy groups -OCH3 is 1. The van der Waals surface area contributed by atoms with Crippen molar-refractivity contribution >= 4 is 39.1 Å². The van der Waals surface area contributed by atoms with Crippen molar-refractivity contribution in [3.05, 3.63) is 52.5 Å². The van der Waals surface area contributed by atoms with Gasteiger partial charge in [-0.15, -0.1) is 0 Å². The zero-order valence-corrected chi connectivity index (χ0v) is 17.5. The number of carbonyl (C=O) groups is 2. The van der Waals surface area contributed by atoms with Crippen LogP contribution in [0.1, 0.15) is 18.9 Å². The van der Waals surface area contributed by atoms with E-state index in [1.807, 2.05) is 31.2 Å². The topological polar surface area (TPSA) is 89.0 Å². The fraction of sp³-hybridized carbons (Fsp3) is 0.250. The lowest BCUT2D eigenvalue weighted by Crippen LogP contribution is -2.26. The van der Waals surface area contributed by atoms with E-state index >= 15 is 0 Å². The number of nitrogens with one attached hydrogen (secondary N) is 2. The second-order valence-corrected chi connectivity index (χ2v) is 6.97. The molecule has 2 amide bonds. The van der Waals surface area contributed by atoms with Crippen LogP contribution in [0.5, 0.6) is 11.5 Å². The van der Waals surface area contributed by atoms with Crippen LogP contribution in [0.15, 0.2) is 52.0 Å². The van der Waals surface area contributed by atoms with Crippen LogP contribution in [0.25, 0.3) is 0 Å². The Bertz CT molecular complexity index is 866. The number of halogens is 1. The highest BCUT2D eigenvalue weighted by molar-refractivity contribution is 9.10. The number of hydrazone groups is 1. The second kappa shape index (κ2) is 10.5. The van der Waals surface area contributed by atoms with Crippen molar-refractivity contribution in [2.45, 2.75) is 20.3 Å². The van der Waals surface area contributed by atoms with Gasteiger partial charge in [-0.25, -0.2) is 5.43 Å². The molecule has 0 heterocycles. The lowest BCUT2D eigenvalue weighted by Gasteiger charge is -2.11. The van der Waals surface area contributed by atoms with Crippen molar-refractivity contribution in [3.8, 4) is 11.5 Å². The lowest BCUT2D eigenvalue weighted by molar-refractivity contribution is -0.123. The average Bonchev–Trinajstić information content (AvgIpc) is 2.66. The van der Waals surface area contributed by atoms with Crippen LogP contribution < -0.4 is 20.2 Å². The first kappa shape index (κ1) is 21.4. The van der Waals surface area contributed by atoms with Crippen molar-refractivity contribution in [2.24, 2.45) is 5.10 Å². The molecule has 2 N–H and O–H groups in total. The summed E-state index contributed by atoms with van der Waals surface area (Å²) in [6, 6.07) is 12.6. The molecule has 28 heavy (non-hydrogen) atoms. The molecular weight excluding hydrogens is 426 g/mol. The minimum atomic E-state index is -0.414. The molecule has 0 radical (unpaired) electrons. The summed E-state index contributed by atoms with van der Waals surface area (Å²) < 4.78 is 11.5. The predicted molar refractivity (Wildman–Crippen MR) is 112 cm³/mol. The van der Waals surface area contributed by atoms with E-state index in [0.29, 0.717) is 22.9 Å². The Morgan fingerprint density at radius 3 is 2.50 bits per heavy atom. The third kappa shape index (κ3) is 7.03. The molecule has 7 nitrogen and oxygen atoms in total. The van der Waals surface area contributed by atoms with E-state index in [9.17, 15) is 9.59 Å². The zero-order valence-electron chi connectivity index (χ0n) is 15.9. The summed E-state index contributed by atoms with van der Waals surface area (Å²) in [6.45, 7) is 3.40. The number of carbonyl (C=O) groups excluding carboxylic acids is 2. The zero-order chi connectivity index (χ0) is 20.5. The van der Waals surface area contributed by atoms with Gasteiger partial charge in [0.25, 0.3) is 5.91 Å². The number of ether oxygens (including phenoxy) is 2. The molecule has 2 aromatic rings. The Morgan fingerprint density at radius 1 is 1.11 bits per heavy atom. The van der Waals surface area contributed by atoms with Crippen molar-refractivity contribution in [3.63, 3.8) is 0 Å². The first-order valence-electron chi connectivity index (χ1n) is 8.52. The smallest absolute Gasteiger partial charge is 0.277 e. The predicted octanol–water partition coefficient (Wildman–Crippen LogP) is 3.67. The van der Waals surface area contributed by atoms with Gasteiger partial charge in [-0.1, -0.05) is 22.0 Å². The van der Waals surface area contributed by atoms with Gasteiger partial charge >= 0.3 is 0 Å². The quantitative estimate of drug-likeness (QED) is 0.477. The number of hydrogen-bond acceptors (Lipinski definition) is 5. The van der Waals surface area contributed by atoms with Crippen LogP contribution >= 0.6 is 15.9 Å². The van der Waals surface area contributed by atoms with Gasteiger partial charge in [-0.3, -0.25) is 9.59 Å². The summed E-state index contributed by atoms with van der Waals surface area (Å²) in [7, 11) is 1.54. The number of benzene rings is 2. The van der Waals surface area contributed by atoms with Crippen LogP contribution in [-0.2, 0) is 9.59 Å². The van der Waals surface area contributed by atoms with Gasteiger partial charge in [0.05, 0.1) is 19.2 Å². The molecular formula is C20H22BrN3O4. The van der Waals surface area contributed by atoms with E-state index in [2.05, 4.69) is 31.8 Å². The Hall–Kier alpha value is -2.87. The molecule has 0 spiro atoms. The molecule has 2 aromatic carbocycles. The van der Waals surface area contributed by atoms with Gasteiger partial charge in [-0.05, 0) is 55.8 Å². The minimum Gasteiger partial charge on any atom is -0.495 e. The van der Waals surface area contributed by atoms with Crippen molar-refractivity contribution in [1.82, 2.24) is 5.43 Å². The monoisotopic (exact) mass is 447 g/mol. The lowest BCUT2D eigenvalue weighted by atomic mass is 10.2. The van der Waals surface area contributed by atoms with Crippen molar-refractivity contribution < 1.29 is 19.1 Å². The Balaban J connectivity index is 1.81. The first-order valence-corrected chi connectivity index (χ1v) is 9.31. The Labute approximate surface area is 172 Å². The van der Waals surface area contributed by atoms with Crippen molar-refractivity contribution in [1.29, 1.82) is 0 Å². The Kier molecular flexibility index (Phi) is 8.01. The van der Waals surface area contributed by atoms with Crippen LogP contribution in [0.4, 0.5) is 5.69 Å². The van der Waals surface area contributed by atoms with E-state index < -0.39 is 5.91 Å². The van der Waals surface area contributed by atoms with Gasteiger partial charge in [0.1, 0.15) is 11.5 Å².